The molecule has 4 nitrogen and oxygen atoms in total. The molecule has 114 valence electrons. The van der Waals surface area contributed by atoms with Crippen molar-refractivity contribution >= 4 is 0 Å². The first-order valence-electron chi connectivity index (χ1n) is 8.04. The van der Waals surface area contributed by atoms with Crippen LogP contribution in [0.25, 0.3) is 0 Å². The fourth-order valence-corrected chi connectivity index (χ4v) is 3.56. The number of likely N-dealkylation sites (N-methyl/N-ethyl adjacent to an activating group) is 2. The van der Waals surface area contributed by atoms with Crippen LogP contribution in [0, 0.1) is 17.2 Å². The van der Waals surface area contributed by atoms with Crippen molar-refractivity contribution in [2.75, 3.05) is 33.7 Å². The molecule has 0 radical (unpaired) electrons. The number of nitrogens with zero attached hydrogens (tertiary/aromatic N) is 3. The van der Waals surface area contributed by atoms with Crippen molar-refractivity contribution in [3.63, 3.8) is 0 Å². The number of rotatable bonds is 6. The fourth-order valence-electron chi connectivity index (χ4n) is 3.56. The van der Waals surface area contributed by atoms with Crippen molar-refractivity contribution in [2.24, 2.45) is 5.92 Å². The molecule has 0 aromatic heterocycles. The Kier molecular flexibility index (Phi) is 5.06. The summed E-state index contributed by atoms with van der Waals surface area (Å²) in [5.41, 5.74) is -0.348. The van der Waals surface area contributed by atoms with E-state index in [0.717, 1.165) is 13.1 Å². The predicted molar refractivity (Wildman–Crippen MR) is 82.5 cm³/mol. The SMILES string of the molecule is CC(C)NC(C#N)(CN(C)C1CCCN(C)C1)C1CC1. The Morgan fingerprint density at radius 1 is 1.40 bits per heavy atom. The number of piperidine rings is 1. The number of likely N-dealkylation sites (tertiary alicyclic amines) is 1. The zero-order chi connectivity index (χ0) is 14.8. The molecule has 1 aliphatic carbocycles. The smallest absolute Gasteiger partial charge is 0.122 e. The highest BCUT2D eigenvalue weighted by molar-refractivity contribution is 5.17. The van der Waals surface area contributed by atoms with E-state index in [1.54, 1.807) is 0 Å². The molecule has 0 aromatic carbocycles. The highest BCUT2D eigenvalue weighted by Crippen LogP contribution is 2.40. The van der Waals surface area contributed by atoms with Crippen LogP contribution in [0.3, 0.4) is 0 Å². The third-order valence-electron chi connectivity index (χ3n) is 4.74. The van der Waals surface area contributed by atoms with Gasteiger partial charge in [-0.2, -0.15) is 5.26 Å². The Balaban J connectivity index is 2.01. The van der Waals surface area contributed by atoms with E-state index in [-0.39, 0.29) is 5.54 Å². The zero-order valence-electron chi connectivity index (χ0n) is 13.5. The van der Waals surface area contributed by atoms with E-state index in [1.807, 2.05) is 0 Å². The molecule has 20 heavy (non-hydrogen) atoms. The van der Waals surface area contributed by atoms with Gasteiger partial charge in [0.25, 0.3) is 0 Å². The molecule has 4 heteroatoms. The lowest BCUT2D eigenvalue weighted by Crippen LogP contribution is -2.58. The van der Waals surface area contributed by atoms with Crippen LogP contribution < -0.4 is 5.32 Å². The summed E-state index contributed by atoms with van der Waals surface area (Å²) >= 11 is 0. The molecule has 1 saturated carbocycles. The van der Waals surface area contributed by atoms with E-state index in [9.17, 15) is 5.26 Å². The first-order valence-corrected chi connectivity index (χ1v) is 8.04. The maximum atomic E-state index is 9.79. The molecule has 2 atom stereocenters. The molecular weight excluding hydrogens is 248 g/mol. The number of hydrogen-bond donors (Lipinski definition) is 1. The van der Waals surface area contributed by atoms with Gasteiger partial charge in [0.15, 0.2) is 0 Å². The molecular formula is C16H30N4. The maximum Gasteiger partial charge on any atom is 0.122 e. The van der Waals surface area contributed by atoms with E-state index in [0.29, 0.717) is 18.0 Å². The Morgan fingerprint density at radius 2 is 2.10 bits per heavy atom. The first kappa shape index (κ1) is 15.8. The minimum absolute atomic E-state index is 0.348. The van der Waals surface area contributed by atoms with Crippen LogP contribution in [0.4, 0.5) is 0 Å². The average Bonchev–Trinajstić information content (AvgIpc) is 3.21. The van der Waals surface area contributed by atoms with Gasteiger partial charge in [-0.05, 0) is 66.1 Å². The Hall–Kier alpha value is -0.630. The van der Waals surface area contributed by atoms with Gasteiger partial charge < -0.3 is 4.90 Å². The van der Waals surface area contributed by atoms with Crippen molar-refractivity contribution in [2.45, 2.75) is 57.2 Å². The lowest BCUT2D eigenvalue weighted by molar-refractivity contribution is 0.107. The fraction of sp³-hybridized carbons (Fsp3) is 0.938. The Bertz CT molecular complexity index is 358. The van der Waals surface area contributed by atoms with Gasteiger partial charge in [-0.1, -0.05) is 0 Å². The van der Waals surface area contributed by atoms with Crippen LogP contribution in [-0.2, 0) is 0 Å². The topological polar surface area (TPSA) is 42.3 Å². The van der Waals surface area contributed by atoms with Gasteiger partial charge in [0.2, 0.25) is 0 Å². The van der Waals surface area contributed by atoms with E-state index >= 15 is 0 Å². The highest BCUT2D eigenvalue weighted by atomic mass is 15.2. The molecule has 0 spiro atoms. The quantitative estimate of drug-likeness (QED) is 0.803. The molecule has 2 aliphatic rings. The summed E-state index contributed by atoms with van der Waals surface area (Å²) < 4.78 is 0. The third kappa shape index (κ3) is 3.72. The van der Waals surface area contributed by atoms with Crippen molar-refractivity contribution in [1.29, 1.82) is 5.26 Å². The Labute approximate surface area is 124 Å². The summed E-state index contributed by atoms with van der Waals surface area (Å²) in [6, 6.07) is 3.57. The van der Waals surface area contributed by atoms with E-state index in [2.05, 4.69) is 49.1 Å². The summed E-state index contributed by atoms with van der Waals surface area (Å²) in [7, 11) is 4.39. The molecule has 2 fully saturated rings. The summed E-state index contributed by atoms with van der Waals surface area (Å²) in [5.74, 6) is 0.540. The van der Waals surface area contributed by atoms with Gasteiger partial charge in [-0.15, -0.1) is 0 Å². The van der Waals surface area contributed by atoms with Crippen molar-refractivity contribution in [3.8, 4) is 6.07 Å². The molecule has 0 bridgehead atoms. The van der Waals surface area contributed by atoms with Crippen molar-refractivity contribution in [3.05, 3.63) is 0 Å². The number of nitrogens with one attached hydrogen (secondary N) is 1. The molecule has 0 amide bonds. The normalized spacial score (nSPS) is 27.6. The van der Waals surface area contributed by atoms with E-state index in [4.69, 9.17) is 0 Å². The summed E-state index contributed by atoms with van der Waals surface area (Å²) in [6.45, 7) is 7.47. The highest BCUT2D eigenvalue weighted by Gasteiger charge is 2.47. The lowest BCUT2D eigenvalue weighted by atomic mass is 9.92. The van der Waals surface area contributed by atoms with Gasteiger partial charge in [0.05, 0.1) is 6.07 Å². The van der Waals surface area contributed by atoms with Crippen LogP contribution in [-0.4, -0.2) is 61.2 Å². The third-order valence-corrected chi connectivity index (χ3v) is 4.74. The van der Waals surface area contributed by atoms with Crippen molar-refractivity contribution < 1.29 is 0 Å². The second-order valence-electron chi connectivity index (χ2n) is 7.13. The molecule has 2 unspecified atom stereocenters. The first-order chi connectivity index (χ1) is 9.47. The minimum Gasteiger partial charge on any atom is -0.305 e. The predicted octanol–water partition coefficient (Wildman–Crippen LogP) is 1.68. The van der Waals surface area contributed by atoms with Gasteiger partial charge >= 0.3 is 0 Å². The summed E-state index contributed by atoms with van der Waals surface area (Å²) in [5, 5.41) is 13.4. The number of nitriles is 1. The zero-order valence-corrected chi connectivity index (χ0v) is 13.5. The minimum atomic E-state index is -0.348. The molecule has 1 saturated heterocycles. The van der Waals surface area contributed by atoms with Crippen LogP contribution in [0.5, 0.6) is 0 Å². The van der Waals surface area contributed by atoms with Gasteiger partial charge in [0, 0.05) is 25.2 Å². The van der Waals surface area contributed by atoms with Gasteiger partial charge in [-0.25, -0.2) is 0 Å². The molecule has 0 aromatic rings. The monoisotopic (exact) mass is 278 g/mol. The van der Waals surface area contributed by atoms with Crippen LogP contribution in [0.1, 0.15) is 39.5 Å². The standard InChI is InChI=1S/C16H30N4/c1-13(2)18-16(11-17,14-7-8-14)12-20(4)15-6-5-9-19(3)10-15/h13-15,18H,5-10,12H2,1-4H3. The maximum absolute atomic E-state index is 9.79. The van der Waals surface area contributed by atoms with E-state index in [1.165, 1.54) is 32.2 Å². The van der Waals surface area contributed by atoms with Gasteiger partial charge in [0.1, 0.15) is 5.54 Å². The number of hydrogen-bond acceptors (Lipinski definition) is 4. The largest absolute Gasteiger partial charge is 0.305 e. The van der Waals surface area contributed by atoms with Gasteiger partial charge in [-0.3, -0.25) is 10.2 Å². The summed E-state index contributed by atoms with van der Waals surface area (Å²) in [6.07, 6.45) is 4.93. The lowest BCUT2D eigenvalue weighted by Gasteiger charge is -2.40. The molecule has 2 rings (SSSR count). The van der Waals surface area contributed by atoms with Crippen LogP contribution in [0.15, 0.2) is 0 Å². The van der Waals surface area contributed by atoms with Crippen LogP contribution in [0.2, 0.25) is 0 Å². The van der Waals surface area contributed by atoms with Crippen LogP contribution >= 0.6 is 0 Å². The second kappa shape index (κ2) is 6.43. The van der Waals surface area contributed by atoms with E-state index < -0.39 is 0 Å². The summed E-state index contributed by atoms with van der Waals surface area (Å²) in [4.78, 5) is 4.83. The molecule has 1 N–H and O–H groups in total. The molecule has 1 aliphatic heterocycles. The Morgan fingerprint density at radius 3 is 2.60 bits per heavy atom. The second-order valence-corrected chi connectivity index (χ2v) is 7.13. The molecule has 1 heterocycles. The average molecular weight is 278 g/mol. The van der Waals surface area contributed by atoms with Crippen molar-refractivity contribution in [1.82, 2.24) is 15.1 Å².